The zero-order chi connectivity index (χ0) is 22.1. The molecule has 0 bridgehead atoms. The lowest BCUT2D eigenvalue weighted by molar-refractivity contribution is -0.141. The molecule has 0 aliphatic carbocycles. The van der Waals surface area contributed by atoms with Gasteiger partial charge in [-0.05, 0) is 54.8 Å². The van der Waals surface area contributed by atoms with E-state index in [0.717, 1.165) is 27.6 Å². The normalized spacial score (nSPS) is 12.3. The Kier molecular flexibility index (Phi) is 6.23. The van der Waals surface area contributed by atoms with Crippen LogP contribution in [0.2, 0.25) is 0 Å². The fourth-order valence-electron chi connectivity index (χ4n) is 2.93. The van der Waals surface area contributed by atoms with Gasteiger partial charge in [0.15, 0.2) is 14.6 Å². The van der Waals surface area contributed by atoms with Gasteiger partial charge in [-0.25, -0.2) is 8.42 Å². The molecule has 3 rings (SSSR count). The first-order valence-electron chi connectivity index (χ1n) is 9.12. The summed E-state index contributed by atoms with van der Waals surface area (Å²) in [5, 5.41) is 0. The number of hydrogen-bond acceptors (Lipinski definition) is 6. The van der Waals surface area contributed by atoms with Crippen molar-refractivity contribution in [3.05, 3.63) is 57.9 Å². The predicted octanol–water partition coefficient (Wildman–Crippen LogP) is 2.57. The number of carbonyl (C=O) groups is 2. The van der Waals surface area contributed by atoms with Crippen molar-refractivity contribution in [2.45, 2.75) is 31.7 Å². The average Bonchev–Trinajstić information content (AvgIpc) is 2.97. The van der Waals surface area contributed by atoms with E-state index in [9.17, 15) is 18.0 Å². The number of methoxy groups -OCH3 is 1. The summed E-state index contributed by atoms with van der Waals surface area (Å²) in [5.74, 6) is -0.820. The molecule has 0 saturated heterocycles. The predicted molar refractivity (Wildman–Crippen MR) is 115 cm³/mol. The Hall–Kier alpha value is -2.78. The van der Waals surface area contributed by atoms with Gasteiger partial charge in [-0.15, -0.1) is 0 Å². The molecule has 0 atom stereocenters. The molecule has 9 heteroatoms. The van der Waals surface area contributed by atoms with Gasteiger partial charge in [-0.2, -0.15) is 4.99 Å². The molecule has 0 fully saturated rings. The van der Waals surface area contributed by atoms with E-state index < -0.39 is 15.8 Å². The third-order valence-corrected chi connectivity index (χ3v) is 6.91. The number of carbonyl (C=O) groups excluding carboxylic acids is 2. The van der Waals surface area contributed by atoms with Crippen molar-refractivity contribution in [2.75, 3.05) is 13.4 Å². The number of sulfone groups is 1. The third-order valence-electron chi connectivity index (χ3n) is 4.74. The van der Waals surface area contributed by atoms with Crippen LogP contribution in [0.4, 0.5) is 0 Å². The molecule has 0 unspecified atom stereocenters. The number of ether oxygens (including phenoxy) is 1. The molecule has 0 radical (unpaired) electrons. The number of thiazole rings is 1. The largest absolute Gasteiger partial charge is 0.468 e. The summed E-state index contributed by atoms with van der Waals surface area (Å²) < 4.78 is 30.5. The maximum absolute atomic E-state index is 12.6. The van der Waals surface area contributed by atoms with Gasteiger partial charge in [0, 0.05) is 6.26 Å². The second-order valence-electron chi connectivity index (χ2n) is 7.05. The lowest BCUT2D eigenvalue weighted by Gasteiger charge is -2.05. The second-order valence-corrected chi connectivity index (χ2v) is 10.1. The molecule has 1 amide bonds. The van der Waals surface area contributed by atoms with Crippen LogP contribution in [0.25, 0.3) is 10.2 Å². The third kappa shape index (κ3) is 4.85. The van der Waals surface area contributed by atoms with Crippen molar-refractivity contribution in [3.63, 3.8) is 0 Å². The number of aromatic nitrogens is 1. The fraction of sp³-hybridized carbons (Fsp3) is 0.286. The smallest absolute Gasteiger partial charge is 0.325 e. The summed E-state index contributed by atoms with van der Waals surface area (Å²) in [7, 11) is -1.98. The van der Waals surface area contributed by atoms with Crippen LogP contribution >= 0.6 is 11.3 Å². The highest BCUT2D eigenvalue weighted by molar-refractivity contribution is 7.90. The highest BCUT2D eigenvalue weighted by Crippen LogP contribution is 2.22. The molecule has 0 spiro atoms. The minimum Gasteiger partial charge on any atom is -0.468 e. The molecular weight excluding hydrogens is 424 g/mol. The van der Waals surface area contributed by atoms with Crippen LogP contribution in [0, 0.1) is 13.8 Å². The van der Waals surface area contributed by atoms with Gasteiger partial charge in [0.25, 0.3) is 5.91 Å². The monoisotopic (exact) mass is 446 g/mol. The topological polar surface area (TPSA) is 94.8 Å². The molecular formula is C21H22N2O5S2. The molecule has 0 N–H and O–H groups in total. The summed E-state index contributed by atoms with van der Waals surface area (Å²) in [6.45, 7) is 3.94. The summed E-state index contributed by atoms with van der Waals surface area (Å²) in [6, 6.07) is 10.1. The van der Waals surface area contributed by atoms with Crippen LogP contribution in [0.1, 0.15) is 16.7 Å². The molecule has 1 heterocycles. The minimum absolute atomic E-state index is 0.0224. The second kappa shape index (κ2) is 8.53. The van der Waals surface area contributed by atoms with Crippen molar-refractivity contribution < 1.29 is 22.7 Å². The number of esters is 1. The molecule has 2 aromatic carbocycles. The van der Waals surface area contributed by atoms with Gasteiger partial charge < -0.3 is 9.30 Å². The first-order valence-corrected chi connectivity index (χ1v) is 11.8. The molecule has 0 aliphatic rings. The zero-order valence-corrected chi connectivity index (χ0v) is 18.8. The van der Waals surface area contributed by atoms with E-state index in [2.05, 4.69) is 4.99 Å². The van der Waals surface area contributed by atoms with Crippen LogP contribution in [0.3, 0.4) is 0 Å². The molecule has 1 aromatic heterocycles. The van der Waals surface area contributed by atoms with Crippen LogP contribution in [-0.4, -0.2) is 38.2 Å². The van der Waals surface area contributed by atoms with Gasteiger partial charge in [0.2, 0.25) is 0 Å². The van der Waals surface area contributed by atoms with Gasteiger partial charge in [-0.1, -0.05) is 23.5 Å². The Balaban J connectivity index is 1.98. The Morgan fingerprint density at radius 3 is 2.33 bits per heavy atom. The maximum atomic E-state index is 12.6. The number of benzene rings is 2. The molecule has 158 valence electrons. The number of aryl methyl sites for hydroxylation is 2. The standard InChI is InChI=1S/C21H22N2O5S2/c1-13-9-17-18(10-14(13)2)29-21(23(17)12-20(25)28-3)22-19(24)11-15-5-7-16(8-6-15)30(4,26)27/h5-10H,11-12H2,1-4H3. The van der Waals surface area contributed by atoms with Crippen molar-refractivity contribution in [2.24, 2.45) is 4.99 Å². The van der Waals surface area contributed by atoms with E-state index in [1.807, 2.05) is 26.0 Å². The lowest BCUT2D eigenvalue weighted by Crippen LogP contribution is -2.22. The quantitative estimate of drug-likeness (QED) is 0.562. The zero-order valence-electron chi connectivity index (χ0n) is 17.1. The van der Waals surface area contributed by atoms with Crippen molar-refractivity contribution in [1.29, 1.82) is 0 Å². The van der Waals surface area contributed by atoms with Gasteiger partial charge in [0.1, 0.15) is 6.54 Å². The van der Waals surface area contributed by atoms with E-state index >= 15 is 0 Å². The van der Waals surface area contributed by atoms with Gasteiger partial charge >= 0.3 is 5.97 Å². The SMILES string of the molecule is COC(=O)Cn1c(=NC(=O)Cc2ccc(S(C)(=O)=O)cc2)sc2cc(C)c(C)cc21. The van der Waals surface area contributed by atoms with Crippen molar-refractivity contribution in [3.8, 4) is 0 Å². The highest BCUT2D eigenvalue weighted by Gasteiger charge is 2.14. The highest BCUT2D eigenvalue weighted by atomic mass is 32.2. The fourth-order valence-corrected chi connectivity index (χ4v) is 4.69. The van der Waals surface area contributed by atoms with E-state index in [-0.39, 0.29) is 23.8 Å². The molecule has 30 heavy (non-hydrogen) atoms. The van der Waals surface area contributed by atoms with Crippen LogP contribution in [-0.2, 0) is 37.1 Å². The number of nitrogens with zero attached hydrogens (tertiary/aromatic N) is 2. The van der Waals surface area contributed by atoms with Crippen LogP contribution < -0.4 is 4.80 Å². The number of amides is 1. The Labute approximate surface area is 178 Å². The molecule has 3 aromatic rings. The van der Waals surface area contributed by atoms with Gasteiger partial charge in [0.05, 0.1) is 28.6 Å². The molecule has 7 nitrogen and oxygen atoms in total. The Morgan fingerprint density at radius 1 is 1.10 bits per heavy atom. The van der Waals surface area contributed by atoms with E-state index in [0.29, 0.717) is 10.4 Å². The Morgan fingerprint density at radius 2 is 1.73 bits per heavy atom. The van der Waals surface area contributed by atoms with E-state index in [1.165, 1.54) is 30.6 Å². The van der Waals surface area contributed by atoms with E-state index in [1.54, 1.807) is 16.7 Å². The van der Waals surface area contributed by atoms with E-state index in [4.69, 9.17) is 4.74 Å². The maximum Gasteiger partial charge on any atom is 0.325 e. The minimum atomic E-state index is -3.29. The summed E-state index contributed by atoms with van der Waals surface area (Å²) >= 11 is 1.33. The lowest BCUT2D eigenvalue weighted by atomic mass is 10.1. The van der Waals surface area contributed by atoms with Crippen LogP contribution in [0.5, 0.6) is 0 Å². The summed E-state index contributed by atoms with van der Waals surface area (Å²) in [4.78, 5) is 29.3. The number of hydrogen-bond donors (Lipinski definition) is 0. The number of fused-ring (bicyclic) bond motifs is 1. The Bertz CT molecular complexity index is 1300. The first-order chi connectivity index (χ1) is 14.1. The summed E-state index contributed by atoms with van der Waals surface area (Å²) in [6.07, 6.45) is 1.15. The average molecular weight is 447 g/mol. The van der Waals surface area contributed by atoms with Crippen molar-refractivity contribution >= 4 is 43.3 Å². The van der Waals surface area contributed by atoms with Gasteiger partial charge in [-0.3, -0.25) is 9.59 Å². The van der Waals surface area contributed by atoms with Crippen molar-refractivity contribution in [1.82, 2.24) is 4.57 Å². The molecule has 0 saturated carbocycles. The summed E-state index contributed by atoms with van der Waals surface area (Å²) in [5.41, 5.74) is 3.65. The number of rotatable bonds is 5. The first kappa shape index (κ1) is 21.9. The molecule has 0 aliphatic heterocycles. The van der Waals surface area contributed by atoms with Crippen LogP contribution in [0.15, 0.2) is 46.3 Å².